The van der Waals surface area contributed by atoms with Crippen molar-refractivity contribution < 1.29 is 0 Å². The topological polar surface area (TPSA) is 43.8 Å². The van der Waals surface area contributed by atoms with Crippen molar-refractivity contribution in [3.8, 4) is 11.3 Å². The molecule has 3 rings (SSSR count). The van der Waals surface area contributed by atoms with Crippen LogP contribution in [0.25, 0.3) is 22.0 Å². The Hall–Kier alpha value is -2.29. The van der Waals surface area contributed by atoms with Crippen LogP contribution in [0.4, 0.5) is 5.82 Å². The monoisotopic (exact) mass is 279 g/mol. The van der Waals surface area contributed by atoms with E-state index in [-0.39, 0.29) is 0 Å². The lowest BCUT2D eigenvalue weighted by atomic mass is 10.0. The fourth-order valence-electron chi connectivity index (χ4n) is 2.89. The number of fused-ring (bicyclic) bond motifs is 1. The molecule has 0 aliphatic carbocycles. The number of rotatable bonds is 3. The maximum atomic E-state index is 6.38. The Morgan fingerprint density at radius 2 is 1.81 bits per heavy atom. The normalized spacial score (nSPS) is 11.4. The van der Waals surface area contributed by atoms with E-state index in [1.54, 1.807) is 0 Å². The van der Waals surface area contributed by atoms with Crippen LogP contribution in [0.5, 0.6) is 0 Å². The number of nitrogens with two attached hydrogens (primary N) is 1. The zero-order valence-electron chi connectivity index (χ0n) is 12.8. The Morgan fingerprint density at radius 3 is 2.48 bits per heavy atom. The van der Waals surface area contributed by atoms with Gasteiger partial charge in [-0.1, -0.05) is 56.3 Å². The summed E-state index contributed by atoms with van der Waals surface area (Å²) in [5.74, 6) is 2.17. The molecule has 21 heavy (non-hydrogen) atoms. The van der Waals surface area contributed by atoms with E-state index in [1.807, 2.05) is 0 Å². The summed E-state index contributed by atoms with van der Waals surface area (Å²) in [5.41, 5.74) is 8.39. The van der Waals surface area contributed by atoms with Gasteiger partial charge in [0.25, 0.3) is 0 Å². The van der Waals surface area contributed by atoms with Gasteiger partial charge in [0.1, 0.15) is 17.3 Å². The fraction of sp³-hybridized carbons (Fsp3) is 0.278. The minimum Gasteiger partial charge on any atom is -0.383 e. The maximum Gasteiger partial charge on any atom is 0.131 e. The molecule has 0 amide bonds. The lowest BCUT2D eigenvalue weighted by molar-refractivity contribution is 0.658. The molecule has 1 heterocycles. The maximum absolute atomic E-state index is 6.38. The van der Waals surface area contributed by atoms with Gasteiger partial charge in [0.05, 0.1) is 0 Å². The predicted molar refractivity (Wildman–Crippen MR) is 89.3 cm³/mol. The van der Waals surface area contributed by atoms with Crippen LogP contribution in [-0.2, 0) is 6.54 Å². The molecule has 0 aliphatic heterocycles. The molecule has 3 heteroatoms. The minimum atomic E-state index is 0.357. The molecule has 0 saturated heterocycles. The lowest BCUT2D eigenvalue weighted by Crippen LogP contribution is -2.06. The number of imidazole rings is 1. The third-order valence-electron chi connectivity index (χ3n) is 3.91. The molecule has 0 bridgehead atoms. The van der Waals surface area contributed by atoms with Crippen LogP contribution in [0.15, 0.2) is 42.5 Å². The fourth-order valence-corrected chi connectivity index (χ4v) is 2.89. The average Bonchev–Trinajstić information content (AvgIpc) is 2.83. The highest BCUT2D eigenvalue weighted by molar-refractivity contribution is 5.97. The molecule has 3 nitrogen and oxygen atoms in total. The molecule has 2 N–H and O–H groups in total. The summed E-state index contributed by atoms with van der Waals surface area (Å²) < 4.78 is 2.11. The highest BCUT2D eigenvalue weighted by Gasteiger charge is 2.18. The average molecular weight is 279 g/mol. The highest BCUT2D eigenvalue weighted by atomic mass is 15.1. The summed E-state index contributed by atoms with van der Waals surface area (Å²) >= 11 is 0. The van der Waals surface area contributed by atoms with Crippen molar-refractivity contribution in [1.82, 2.24) is 9.55 Å². The van der Waals surface area contributed by atoms with Crippen molar-refractivity contribution in [1.29, 1.82) is 0 Å². The van der Waals surface area contributed by atoms with Crippen LogP contribution in [0.2, 0.25) is 0 Å². The summed E-state index contributed by atoms with van der Waals surface area (Å²) in [7, 11) is 0. The summed E-state index contributed by atoms with van der Waals surface area (Å²) in [4.78, 5) is 4.84. The number of nitrogens with zero attached hydrogens (tertiary/aromatic N) is 2. The molecule has 108 valence electrons. The second-order valence-electron chi connectivity index (χ2n) is 5.63. The molecular weight excluding hydrogens is 258 g/mol. The van der Waals surface area contributed by atoms with Crippen molar-refractivity contribution in [3.63, 3.8) is 0 Å². The Morgan fingerprint density at radius 1 is 1.10 bits per heavy atom. The van der Waals surface area contributed by atoms with Crippen LogP contribution in [0, 0.1) is 0 Å². The van der Waals surface area contributed by atoms with Gasteiger partial charge in [-0.3, -0.25) is 0 Å². The van der Waals surface area contributed by atoms with E-state index in [0.717, 1.165) is 29.4 Å². The van der Waals surface area contributed by atoms with Gasteiger partial charge in [-0.15, -0.1) is 0 Å². The van der Waals surface area contributed by atoms with Crippen LogP contribution >= 0.6 is 0 Å². The van der Waals surface area contributed by atoms with E-state index in [4.69, 9.17) is 10.7 Å². The first kappa shape index (κ1) is 13.7. The summed E-state index contributed by atoms with van der Waals surface area (Å²) in [5, 5.41) is 2.41. The van der Waals surface area contributed by atoms with Crippen molar-refractivity contribution in [3.05, 3.63) is 48.3 Å². The van der Waals surface area contributed by atoms with E-state index in [9.17, 15) is 0 Å². The number of aromatic nitrogens is 2. The Labute approximate surface area is 125 Å². The van der Waals surface area contributed by atoms with E-state index in [1.165, 1.54) is 10.8 Å². The molecule has 2 aromatic carbocycles. The first-order valence-electron chi connectivity index (χ1n) is 7.47. The second-order valence-corrected chi connectivity index (χ2v) is 5.63. The Bertz CT molecular complexity index is 779. The van der Waals surface area contributed by atoms with E-state index in [0.29, 0.717) is 5.92 Å². The molecule has 0 atom stereocenters. The van der Waals surface area contributed by atoms with Gasteiger partial charge in [-0.25, -0.2) is 4.98 Å². The molecule has 0 unspecified atom stereocenters. The molecule has 1 aromatic heterocycles. The van der Waals surface area contributed by atoms with Crippen LogP contribution < -0.4 is 5.73 Å². The number of benzene rings is 2. The predicted octanol–water partition coefficient (Wildman–Crippen LogP) is 4.43. The largest absolute Gasteiger partial charge is 0.383 e. The summed E-state index contributed by atoms with van der Waals surface area (Å²) in [6, 6.07) is 14.7. The van der Waals surface area contributed by atoms with Gasteiger partial charge < -0.3 is 10.3 Å². The first-order valence-corrected chi connectivity index (χ1v) is 7.47. The molecular formula is C18H21N3. The highest BCUT2D eigenvalue weighted by Crippen LogP contribution is 2.33. The minimum absolute atomic E-state index is 0.357. The van der Waals surface area contributed by atoms with E-state index < -0.39 is 0 Å². The Kier molecular flexibility index (Phi) is 3.42. The third kappa shape index (κ3) is 2.19. The lowest BCUT2D eigenvalue weighted by Gasteiger charge is -2.08. The smallest absolute Gasteiger partial charge is 0.131 e. The number of nitrogen functional groups attached to an aromatic ring is 1. The molecule has 0 radical (unpaired) electrons. The molecule has 0 spiro atoms. The number of anilines is 1. The van der Waals surface area contributed by atoms with Crippen molar-refractivity contribution in [2.75, 3.05) is 5.73 Å². The van der Waals surface area contributed by atoms with Gasteiger partial charge in [0.2, 0.25) is 0 Å². The summed E-state index contributed by atoms with van der Waals surface area (Å²) in [6.07, 6.45) is 0. The standard InChI is InChI=1S/C18H21N3/c1-4-21-17(19)16(20-18(21)12(2)3)15-11-7-9-13-8-5-6-10-14(13)15/h5-12H,4,19H2,1-3H3. The van der Waals surface area contributed by atoms with E-state index >= 15 is 0 Å². The van der Waals surface area contributed by atoms with Crippen molar-refractivity contribution in [2.24, 2.45) is 0 Å². The van der Waals surface area contributed by atoms with Gasteiger partial charge >= 0.3 is 0 Å². The van der Waals surface area contributed by atoms with Gasteiger partial charge in [0.15, 0.2) is 0 Å². The van der Waals surface area contributed by atoms with Crippen LogP contribution in [0.3, 0.4) is 0 Å². The zero-order chi connectivity index (χ0) is 15.0. The van der Waals surface area contributed by atoms with Gasteiger partial charge in [-0.05, 0) is 17.7 Å². The molecule has 0 saturated carbocycles. The van der Waals surface area contributed by atoms with Crippen LogP contribution in [0.1, 0.15) is 32.5 Å². The molecule has 0 aliphatic rings. The second kappa shape index (κ2) is 5.24. The van der Waals surface area contributed by atoms with Gasteiger partial charge in [0, 0.05) is 18.0 Å². The number of hydrogen-bond donors (Lipinski definition) is 1. The van der Waals surface area contributed by atoms with Crippen molar-refractivity contribution in [2.45, 2.75) is 33.2 Å². The molecule has 0 fully saturated rings. The first-order chi connectivity index (χ1) is 10.1. The number of hydrogen-bond acceptors (Lipinski definition) is 2. The SMILES string of the molecule is CCn1c(C(C)C)nc(-c2cccc3ccccc23)c1N. The van der Waals surface area contributed by atoms with Gasteiger partial charge in [-0.2, -0.15) is 0 Å². The summed E-state index contributed by atoms with van der Waals surface area (Å²) in [6.45, 7) is 7.26. The zero-order valence-corrected chi connectivity index (χ0v) is 12.8. The van der Waals surface area contributed by atoms with Crippen LogP contribution in [-0.4, -0.2) is 9.55 Å². The quantitative estimate of drug-likeness (QED) is 0.770. The Balaban J connectivity index is 2.29. The molecule has 3 aromatic rings. The van der Waals surface area contributed by atoms with Crippen molar-refractivity contribution >= 4 is 16.6 Å². The third-order valence-corrected chi connectivity index (χ3v) is 3.91. The van der Waals surface area contributed by atoms with E-state index in [2.05, 4.69) is 67.8 Å².